The number of nitriles is 1. The highest BCUT2D eigenvalue weighted by molar-refractivity contribution is 7.90. The second kappa shape index (κ2) is 4.77. The molecule has 1 heterocycles. The van der Waals surface area contributed by atoms with E-state index < -0.39 is 32.5 Å². The summed E-state index contributed by atoms with van der Waals surface area (Å²) >= 11 is 0. The minimum absolute atomic E-state index is 0.124. The van der Waals surface area contributed by atoms with Gasteiger partial charge in [-0.25, -0.2) is 8.42 Å². The number of hydrogen-bond donors (Lipinski definition) is 0. The molecular formula is C13H11F3N2O2S. The minimum Gasteiger partial charge on any atom is -0.330 e. The molecule has 4 nitrogen and oxygen atoms in total. The van der Waals surface area contributed by atoms with Crippen molar-refractivity contribution in [3.63, 3.8) is 0 Å². The fourth-order valence-corrected chi connectivity index (χ4v) is 2.76. The van der Waals surface area contributed by atoms with Crippen molar-refractivity contribution in [2.45, 2.75) is 18.5 Å². The van der Waals surface area contributed by atoms with Gasteiger partial charge in [-0.05, 0) is 25.1 Å². The molecule has 2 rings (SSSR count). The normalized spacial score (nSPS) is 14.1. The summed E-state index contributed by atoms with van der Waals surface area (Å²) in [5, 5.41) is 7.65. The van der Waals surface area contributed by atoms with Crippen LogP contribution in [0.3, 0.4) is 0 Å². The standard InChI is InChI=1S/C13H11F3N2O2S/c1-8(21(2,19)20)18-6-5-10-11(18)4-3-9(7-17)12(10)13(14,15)16/h3-6,8H,1-2H3/t8-/m0/s1. The first-order valence-electron chi connectivity index (χ1n) is 5.87. The lowest BCUT2D eigenvalue weighted by Crippen LogP contribution is -2.15. The van der Waals surface area contributed by atoms with Crippen LogP contribution in [0.15, 0.2) is 24.4 Å². The lowest BCUT2D eigenvalue weighted by Gasteiger charge is -2.15. The maximum Gasteiger partial charge on any atom is 0.418 e. The van der Waals surface area contributed by atoms with E-state index in [0.717, 1.165) is 12.3 Å². The van der Waals surface area contributed by atoms with Gasteiger partial charge in [-0.1, -0.05) is 0 Å². The van der Waals surface area contributed by atoms with Crippen LogP contribution >= 0.6 is 0 Å². The zero-order chi connectivity index (χ0) is 16.0. The number of nitrogens with zero attached hydrogens (tertiary/aromatic N) is 2. The van der Waals surface area contributed by atoms with Gasteiger partial charge in [0.05, 0.1) is 17.2 Å². The molecule has 0 N–H and O–H groups in total. The van der Waals surface area contributed by atoms with Crippen molar-refractivity contribution in [1.29, 1.82) is 5.26 Å². The number of rotatable bonds is 2. The van der Waals surface area contributed by atoms with Crippen LogP contribution in [0.25, 0.3) is 10.9 Å². The Bertz CT molecular complexity index is 845. The van der Waals surface area contributed by atoms with E-state index in [1.165, 1.54) is 35.9 Å². The Balaban J connectivity index is 2.82. The highest BCUT2D eigenvalue weighted by Crippen LogP contribution is 2.38. The predicted octanol–water partition coefficient (Wildman–Crippen LogP) is 3.09. The van der Waals surface area contributed by atoms with E-state index in [1.54, 1.807) is 0 Å². The van der Waals surface area contributed by atoms with E-state index in [-0.39, 0.29) is 10.9 Å². The van der Waals surface area contributed by atoms with Crippen LogP contribution in [-0.2, 0) is 16.0 Å². The van der Waals surface area contributed by atoms with Gasteiger partial charge in [0.2, 0.25) is 0 Å². The van der Waals surface area contributed by atoms with E-state index >= 15 is 0 Å². The Labute approximate surface area is 119 Å². The summed E-state index contributed by atoms with van der Waals surface area (Å²) in [5.41, 5.74) is -1.40. The van der Waals surface area contributed by atoms with Crippen LogP contribution in [-0.4, -0.2) is 19.2 Å². The third-order valence-electron chi connectivity index (χ3n) is 3.32. The van der Waals surface area contributed by atoms with Crippen molar-refractivity contribution in [2.75, 3.05) is 6.26 Å². The molecule has 1 aromatic carbocycles. The highest BCUT2D eigenvalue weighted by Gasteiger charge is 2.36. The molecule has 0 unspecified atom stereocenters. The zero-order valence-corrected chi connectivity index (χ0v) is 12.0. The third kappa shape index (κ3) is 2.61. The summed E-state index contributed by atoms with van der Waals surface area (Å²) in [7, 11) is -3.46. The second-order valence-electron chi connectivity index (χ2n) is 4.68. The monoisotopic (exact) mass is 316 g/mol. The Kier molecular flexibility index (Phi) is 3.49. The number of fused-ring (bicyclic) bond motifs is 1. The van der Waals surface area contributed by atoms with Gasteiger partial charge in [0.15, 0.2) is 9.84 Å². The summed E-state index contributed by atoms with van der Waals surface area (Å²) in [6.45, 7) is 1.39. The fraction of sp³-hybridized carbons (Fsp3) is 0.308. The minimum atomic E-state index is -4.69. The number of hydrogen-bond acceptors (Lipinski definition) is 3. The van der Waals surface area contributed by atoms with E-state index in [1.807, 2.05) is 0 Å². The van der Waals surface area contributed by atoms with Crippen molar-refractivity contribution in [3.05, 3.63) is 35.5 Å². The van der Waals surface area contributed by atoms with Gasteiger partial charge in [0.1, 0.15) is 5.37 Å². The molecule has 1 atom stereocenters. The molecule has 0 spiro atoms. The van der Waals surface area contributed by atoms with Crippen molar-refractivity contribution in [2.24, 2.45) is 0 Å². The fourth-order valence-electron chi connectivity index (χ4n) is 2.16. The smallest absolute Gasteiger partial charge is 0.330 e. The highest BCUT2D eigenvalue weighted by atomic mass is 32.2. The largest absolute Gasteiger partial charge is 0.418 e. The Hall–Kier alpha value is -2.01. The van der Waals surface area contributed by atoms with Crippen LogP contribution in [0.5, 0.6) is 0 Å². The maximum absolute atomic E-state index is 13.1. The number of halogens is 3. The molecule has 0 amide bonds. The van der Waals surface area contributed by atoms with E-state index in [9.17, 15) is 21.6 Å². The Morgan fingerprint density at radius 1 is 1.29 bits per heavy atom. The van der Waals surface area contributed by atoms with Crippen LogP contribution < -0.4 is 0 Å². The molecule has 1 aromatic heterocycles. The topological polar surface area (TPSA) is 62.9 Å². The zero-order valence-electron chi connectivity index (χ0n) is 11.1. The van der Waals surface area contributed by atoms with Gasteiger partial charge in [-0.3, -0.25) is 0 Å². The molecule has 8 heteroatoms. The molecule has 0 saturated heterocycles. The summed E-state index contributed by atoms with van der Waals surface area (Å²) in [6.07, 6.45) is -2.39. The van der Waals surface area contributed by atoms with Crippen LogP contribution in [0, 0.1) is 11.3 Å². The first-order chi connectivity index (χ1) is 9.57. The predicted molar refractivity (Wildman–Crippen MR) is 71.2 cm³/mol. The molecule has 0 bridgehead atoms. The van der Waals surface area contributed by atoms with Crippen LogP contribution in [0.4, 0.5) is 13.2 Å². The maximum atomic E-state index is 13.1. The summed E-state index contributed by atoms with van der Waals surface area (Å²) in [4.78, 5) is 0. The number of aromatic nitrogens is 1. The molecule has 0 aliphatic heterocycles. The molecule has 0 saturated carbocycles. The molecule has 21 heavy (non-hydrogen) atoms. The average Bonchev–Trinajstić information content (AvgIpc) is 2.77. The van der Waals surface area contributed by atoms with E-state index in [2.05, 4.69) is 0 Å². The molecular weight excluding hydrogens is 305 g/mol. The van der Waals surface area contributed by atoms with Gasteiger partial charge in [0.25, 0.3) is 0 Å². The Morgan fingerprint density at radius 3 is 2.38 bits per heavy atom. The first-order valence-corrected chi connectivity index (χ1v) is 7.82. The summed E-state index contributed by atoms with van der Waals surface area (Å²) in [5.74, 6) is 0. The number of benzene rings is 1. The van der Waals surface area contributed by atoms with E-state index in [4.69, 9.17) is 5.26 Å². The molecule has 0 fully saturated rings. The molecule has 112 valence electrons. The summed E-state index contributed by atoms with van der Waals surface area (Å²) in [6, 6.07) is 5.07. The van der Waals surface area contributed by atoms with Gasteiger partial charge < -0.3 is 4.57 Å². The SMILES string of the molecule is C[C@@H](n1ccc2c(C(F)(F)F)c(C#N)ccc21)S(C)(=O)=O. The third-order valence-corrected chi connectivity index (χ3v) is 4.78. The van der Waals surface area contributed by atoms with E-state index in [0.29, 0.717) is 0 Å². The molecule has 0 aliphatic carbocycles. The van der Waals surface area contributed by atoms with Crippen molar-refractivity contribution < 1.29 is 21.6 Å². The molecule has 2 aromatic rings. The van der Waals surface area contributed by atoms with Crippen LogP contribution in [0.1, 0.15) is 23.4 Å². The lowest BCUT2D eigenvalue weighted by molar-refractivity contribution is -0.136. The number of alkyl halides is 3. The quantitative estimate of drug-likeness (QED) is 0.855. The van der Waals surface area contributed by atoms with Crippen molar-refractivity contribution >= 4 is 20.7 Å². The molecule has 0 aliphatic rings. The van der Waals surface area contributed by atoms with Gasteiger partial charge in [0, 0.05) is 23.4 Å². The van der Waals surface area contributed by atoms with Gasteiger partial charge in [-0.2, -0.15) is 18.4 Å². The van der Waals surface area contributed by atoms with Crippen LogP contribution in [0.2, 0.25) is 0 Å². The molecule has 0 radical (unpaired) electrons. The second-order valence-corrected chi connectivity index (χ2v) is 7.02. The van der Waals surface area contributed by atoms with Crippen molar-refractivity contribution in [1.82, 2.24) is 4.57 Å². The van der Waals surface area contributed by atoms with Gasteiger partial charge >= 0.3 is 6.18 Å². The average molecular weight is 316 g/mol. The lowest BCUT2D eigenvalue weighted by atomic mass is 10.0. The Morgan fingerprint density at radius 2 is 1.90 bits per heavy atom. The van der Waals surface area contributed by atoms with Crippen molar-refractivity contribution in [3.8, 4) is 6.07 Å². The van der Waals surface area contributed by atoms with Gasteiger partial charge in [-0.15, -0.1) is 0 Å². The first kappa shape index (κ1) is 15.4. The number of sulfone groups is 1. The summed E-state index contributed by atoms with van der Waals surface area (Å²) < 4.78 is 63.8.